The number of rotatable bonds is 7. The summed E-state index contributed by atoms with van der Waals surface area (Å²) >= 11 is 0. The van der Waals surface area contributed by atoms with E-state index in [1.807, 2.05) is 0 Å². The lowest BCUT2D eigenvalue weighted by Gasteiger charge is -2.07. The van der Waals surface area contributed by atoms with E-state index in [4.69, 9.17) is 9.84 Å². The third kappa shape index (κ3) is 4.53. The number of nitrogens with zero attached hydrogens (tertiary/aromatic N) is 2. The summed E-state index contributed by atoms with van der Waals surface area (Å²) in [7, 11) is 1.37. The molecule has 2 N–H and O–H groups in total. The molecule has 0 atom stereocenters. The Bertz CT molecular complexity index is 714. The van der Waals surface area contributed by atoms with Crippen molar-refractivity contribution in [3.05, 3.63) is 47.8 Å². The predicted octanol–water partition coefficient (Wildman–Crippen LogP) is 1.09. The SMILES string of the molecule is COc1ccc(CC(=O)NCCn2cnc(C(=O)O)c2)cc1F. The molecule has 0 aliphatic rings. The van der Waals surface area contributed by atoms with Gasteiger partial charge in [-0.1, -0.05) is 6.07 Å². The zero-order valence-corrected chi connectivity index (χ0v) is 12.5. The number of carboxylic acid groups (broad SMARTS) is 1. The van der Waals surface area contributed by atoms with Gasteiger partial charge in [0.05, 0.1) is 19.9 Å². The molecule has 0 aliphatic carbocycles. The van der Waals surface area contributed by atoms with E-state index in [0.717, 1.165) is 0 Å². The Kier molecular flexibility index (Phi) is 5.29. The van der Waals surface area contributed by atoms with Crippen molar-refractivity contribution in [3.63, 3.8) is 0 Å². The zero-order chi connectivity index (χ0) is 16.8. The first kappa shape index (κ1) is 16.5. The number of imidazole rings is 1. The Morgan fingerprint density at radius 2 is 2.22 bits per heavy atom. The minimum atomic E-state index is -1.10. The van der Waals surface area contributed by atoms with Crippen molar-refractivity contribution < 1.29 is 23.8 Å². The number of aromatic nitrogens is 2. The summed E-state index contributed by atoms with van der Waals surface area (Å²) in [6, 6.07) is 4.35. The minimum Gasteiger partial charge on any atom is -0.494 e. The van der Waals surface area contributed by atoms with Gasteiger partial charge in [-0.15, -0.1) is 0 Å². The van der Waals surface area contributed by atoms with Crippen LogP contribution in [0.15, 0.2) is 30.7 Å². The number of carbonyl (C=O) groups excluding carboxylic acids is 1. The highest BCUT2D eigenvalue weighted by Gasteiger charge is 2.09. The molecule has 0 fully saturated rings. The molecule has 122 valence electrons. The van der Waals surface area contributed by atoms with Gasteiger partial charge in [-0.3, -0.25) is 4.79 Å². The van der Waals surface area contributed by atoms with Crippen molar-refractivity contribution in [3.8, 4) is 5.75 Å². The fourth-order valence-electron chi connectivity index (χ4n) is 1.98. The van der Waals surface area contributed by atoms with Gasteiger partial charge in [0.25, 0.3) is 0 Å². The molecular weight excluding hydrogens is 305 g/mol. The summed E-state index contributed by atoms with van der Waals surface area (Å²) in [5, 5.41) is 11.4. The first-order valence-electron chi connectivity index (χ1n) is 6.84. The van der Waals surface area contributed by atoms with Crippen LogP contribution in [0.25, 0.3) is 0 Å². The van der Waals surface area contributed by atoms with E-state index in [9.17, 15) is 14.0 Å². The molecule has 2 aromatic rings. The largest absolute Gasteiger partial charge is 0.494 e. The highest BCUT2D eigenvalue weighted by molar-refractivity contribution is 5.84. The Morgan fingerprint density at radius 1 is 1.43 bits per heavy atom. The topological polar surface area (TPSA) is 93.5 Å². The van der Waals surface area contributed by atoms with Crippen LogP contribution in [0.4, 0.5) is 4.39 Å². The van der Waals surface area contributed by atoms with E-state index >= 15 is 0 Å². The fraction of sp³-hybridized carbons (Fsp3) is 0.267. The molecule has 23 heavy (non-hydrogen) atoms. The lowest BCUT2D eigenvalue weighted by molar-refractivity contribution is -0.120. The van der Waals surface area contributed by atoms with Gasteiger partial charge >= 0.3 is 5.97 Å². The summed E-state index contributed by atoms with van der Waals surface area (Å²) in [4.78, 5) is 26.2. The summed E-state index contributed by atoms with van der Waals surface area (Å²) in [5.41, 5.74) is 0.488. The third-order valence-corrected chi connectivity index (χ3v) is 3.13. The first-order valence-corrected chi connectivity index (χ1v) is 6.84. The Labute approximate surface area is 131 Å². The highest BCUT2D eigenvalue weighted by atomic mass is 19.1. The molecule has 0 radical (unpaired) electrons. The predicted molar refractivity (Wildman–Crippen MR) is 78.9 cm³/mol. The molecule has 8 heteroatoms. The maximum absolute atomic E-state index is 13.5. The molecule has 1 amide bonds. The quantitative estimate of drug-likeness (QED) is 0.796. The number of carbonyl (C=O) groups is 2. The van der Waals surface area contributed by atoms with E-state index < -0.39 is 11.8 Å². The van der Waals surface area contributed by atoms with Crippen LogP contribution in [-0.2, 0) is 17.8 Å². The average Bonchev–Trinajstić information content (AvgIpc) is 2.96. The van der Waals surface area contributed by atoms with Crippen LogP contribution in [-0.4, -0.2) is 40.2 Å². The number of aromatic carboxylic acids is 1. The van der Waals surface area contributed by atoms with E-state index in [1.165, 1.54) is 31.8 Å². The number of hydrogen-bond donors (Lipinski definition) is 2. The van der Waals surface area contributed by atoms with Gasteiger partial charge < -0.3 is 19.7 Å². The maximum atomic E-state index is 13.5. The lowest BCUT2D eigenvalue weighted by atomic mass is 10.1. The smallest absolute Gasteiger partial charge is 0.356 e. The van der Waals surface area contributed by atoms with Crippen molar-refractivity contribution in [2.24, 2.45) is 0 Å². The molecule has 2 rings (SSSR count). The van der Waals surface area contributed by atoms with Gasteiger partial charge in [0, 0.05) is 19.3 Å². The Hall–Kier alpha value is -2.90. The number of carboxylic acids is 1. The summed E-state index contributed by atoms with van der Waals surface area (Å²) in [6.45, 7) is 0.704. The van der Waals surface area contributed by atoms with Crippen LogP contribution in [0, 0.1) is 5.82 Å². The molecule has 1 heterocycles. The second kappa shape index (κ2) is 7.39. The number of benzene rings is 1. The van der Waals surface area contributed by atoms with Gasteiger partial charge in [-0.2, -0.15) is 0 Å². The van der Waals surface area contributed by atoms with E-state index in [2.05, 4.69) is 10.3 Å². The second-order valence-electron chi connectivity index (χ2n) is 4.80. The Balaban J connectivity index is 1.80. The maximum Gasteiger partial charge on any atom is 0.356 e. The molecule has 0 saturated heterocycles. The van der Waals surface area contributed by atoms with Crippen LogP contribution >= 0.6 is 0 Å². The monoisotopic (exact) mass is 321 g/mol. The van der Waals surface area contributed by atoms with Crippen LogP contribution in [0.5, 0.6) is 5.75 Å². The molecule has 1 aromatic heterocycles. The highest BCUT2D eigenvalue weighted by Crippen LogP contribution is 2.17. The van der Waals surface area contributed by atoms with Crippen molar-refractivity contribution in [2.75, 3.05) is 13.7 Å². The van der Waals surface area contributed by atoms with Gasteiger partial charge in [-0.25, -0.2) is 14.2 Å². The molecule has 1 aromatic carbocycles. The first-order chi connectivity index (χ1) is 11.0. The summed E-state index contributed by atoms with van der Waals surface area (Å²) in [5.74, 6) is -1.75. The Morgan fingerprint density at radius 3 is 2.83 bits per heavy atom. The number of methoxy groups -OCH3 is 1. The van der Waals surface area contributed by atoms with Gasteiger partial charge in [0.1, 0.15) is 0 Å². The summed E-state index contributed by atoms with van der Waals surface area (Å²) < 4.78 is 19.9. The summed E-state index contributed by atoms with van der Waals surface area (Å²) in [6.07, 6.45) is 2.81. The van der Waals surface area contributed by atoms with E-state index in [-0.39, 0.29) is 23.8 Å². The van der Waals surface area contributed by atoms with Crippen molar-refractivity contribution in [1.29, 1.82) is 0 Å². The standard InChI is InChI=1S/C15H16FN3O4/c1-23-13-3-2-10(6-11(13)16)7-14(20)17-4-5-19-8-12(15(21)22)18-9-19/h2-3,6,8-9H,4-5,7H2,1H3,(H,17,20)(H,21,22). The lowest BCUT2D eigenvalue weighted by Crippen LogP contribution is -2.28. The third-order valence-electron chi connectivity index (χ3n) is 3.13. The minimum absolute atomic E-state index is 0.0468. The molecular formula is C15H16FN3O4. The van der Waals surface area contributed by atoms with Crippen molar-refractivity contribution in [2.45, 2.75) is 13.0 Å². The number of amides is 1. The fourth-order valence-corrected chi connectivity index (χ4v) is 1.98. The molecule has 0 spiro atoms. The number of nitrogens with one attached hydrogen (secondary N) is 1. The van der Waals surface area contributed by atoms with E-state index in [1.54, 1.807) is 10.6 Å². The molecule has 0 bridgehead atoms. The molecule has 0 saturated carbocycles. The zero-order valence-electron chi connectivity index (χ0n) is 12.5. The van der Waals surface area contributed by atoms with Crippen molar-refractivity contribution >= 4 is 11.9 Å². The van der Waals surface area contributed by atoms with Crippen LogP contribution in [0.3, 0.4) is 0 Å². The van der Waals surface area contributed by atoms with E-state index in [0.29, 0.717) is 18.7 Å². The average molecular weight is 321 g/mol. The molecule has 0 aliphatic heterocycles. The second-order valence-corrected chi connectivity index (χ2v) is 4.80. The van der Waals surface area contributed by atoms with Crippen LogP contribution in [0.2, 0.25) is 0 Å². The molecule has 7 nitrogen and oxygen atoms in total. The van der Waals surface area contributed by atoms with Crippen LogP contribution < -0.4 is 10.1 Å². The number of hydrogen-bond acceptors (Lipinski definition) is 4. The molecule has 0 unspecified atom stereocenters. The van der Waals surface area contributed by atoms with Crippen LogP contribution in [0.1, 0.15) is 16.1 Å². The normalized spacial score (nSPS) is 10.3. The number of halogens is 1. The van der Waals surface area contributed by atoms with Gasteiger partial charge in [-0.05, 0) is 17.7 Å². The van der Waals surface area contributed by atoms with Gasteiger partial charge in [0.2, 0.25) is 5.91 Å². The van der Waals surface area contributed by atoms with Gasteiger partial charge in [0.15, 0.2) is 17.3 Å². The number of ether oxygens (including phenoxy) is 1. The van der Waals surface area contributed by atoms with Crippen molar-refractivity contribution in [1.82, 2.24) is 14.9 Å².